The normalized spacial score (nSPS) is 12.9. The van der Waals surface area contributed by atoms with Crippen LogP contribution in [0.2, 0.25) is 5.02 Å². The summed E-state index contributed by atoms with van der Waals surface area (Å²) in [5.41, 5.74) is 9.23. The van der Waals surface area contributed by atoms with Gasteiger partial charge in [-0.2, -0.15) is 0 Å². The summed E-state index contributed by atoms with van der Waals surface area (Å²) in [5, 5.41) is 0.664. The van der Waals surface area contributed by atoms with Crippen LogP contribution in [-0.4, -0.2) is 13.2 Å². The highest BCUT2D eigenvalue weighted by atomic mass is 35.5. The van der Waals surface area contributed by atoms with Crippen molar-refractivity contribution in [3.63, 3.8) is 0 Å². The van der Waals surface area contributed by atoms with Crippen LogP contribution in [0.25, 0.3) is 0 Å². The van der Waals surface area contributed by atoms with Crippen molar-refractivity contribution in [2.45, 2.75) is 19.4 Å². The first-order valence-electron chi connectivity index (χ1n) is 7.12. The van der Waals surface area contributed by atoms with Gasteiger partial charge in [-0.3, -0.25) is 0 Å². The zero-order valence-electron chi connectivity index (χ0n) is 11.8. The maximum atomic E-state index is 6.00. The van der Waals surface area contributed by atoms with E-state index in [0.29, 0.717) is 18.2 Å². The summed E-state index contributed by atoms with van der Waals surface area (Å²) in [5.74, 6) is 1.79. The van der Waals surface area contributed by atoms with Gasteiger partial charge in [0.2, 0.25) is 0 Å². The number of rotatable bonds is 5. The van der Waals surface area contributed by atoms with E-state index in [1.807, 2.05) is 24.3 Å². The number of hydrogen-bond donors (Lipinski definition) is 1. The lowest BCUT2D eigenvalue weighted by Crippen LogP contribution is -2.06. The lowest BCUT2D eigenvalue weighted by atomic mass is 10.1. The molecule has 1 heterocycles. The molecule has 0 radical (unpaired) electrons. The summed E-state index contributed by atoms with van der Waals surface area (Å²) in [4.78, 5) is 0. The Kier molecular flexibility index (Phi) is 4.32. The molecule has 0 saturated carbocycles. The Morgan fingerprint density at radius 1 is 1.19 bits per heavy atom. The van der Waals surface area contributed by atoms with E-state index in [1.165, 1.54) is 11.1 Å². The standard InChI is InChI=1S/C17H18ClNO2/c18-15-3-2-14(11-19)17(10-15)21-7-5-12-1-4-16-13(9-12)6-8-20-16/h1-4,9-10H,5-8,11,19H2. The molecule has 2 N–H and O–H groups in total. The summed E-state index contributed by atoms with van der Waals surface area (Å²) < 4.78 is 11.3. The molecule has 2 aromatic rings. The average molecular weight is 304 g/mol. The van der Waals surface area contributed by atoms with Crippen molar-refractivity contribution < 1.29 is 9.47 Å². The van der Waals surface area contributed by atoms with Gasteiger partial charge in [-0.25, -0.2) is 0 Å². The highest BCUT2D eigenvalue weighted by molar-refractivity contribution is 6.30. The predicted octanol–water partition coefficient (Wildman–Crippen LogP) is 3.36. The van der Waals surface area contributed by atoms with Crippen LogP contribution in [0.15, 0.2) is 36.4 Å². The molecule has 0 spiro atoms. The van der Waals surface area contributed by atoms with Gasteiger partial charge in [0.15, 0.2) is 0 Å². The van der Waals surface area contributed by atoms with E-state index in [0.717, 1.165) is 36.5 Å². The maximum absolute atomic E-state index is 6.00. The Morgan fingerprint density at radius 2 is 2.10 bits per heavy atom. The number of hydrogen-bond acceptors (Lipinski definition) is 3. The summed E-state index contributed by atoms with van der Waals surface area (Å²) in [6, 6.07) is 11.9. The summed E-state index contributed by atoms with van der Waals surface area (Å²) in [6.07, 6.45) is 1.85. The van der Waals surface area contributed by atoms with Crippen molar-refractivity contribution >= 4 is 11.6 Å². The van der Waals surface area contributed by atoms with Crippen LogP contribution in [0, 0.1) is 0 Å². The van der Waals surface area contributed by atoms with E-state index < -0.39 is 0 Å². The van der Waals surface area contributed by atoms with Crippen molar-refractivity contribution in [3.8, 4) is 11.5 Å². The van der Waals surface area contributed by atoms with Crippen LogP contribution < -0.4 is 15.2 Å². The fourth-order valence-electron chi connectivity index (χ4n) is 2.51. The van der Waals surface area contributed by atoms with Gasteiger partial charge in [0.05, 0.1) is 13.2 Å². The Labute approximate surface area is 129 Å². The minimum atomic E-state index is 0.447. The minimum absolute atomic E-state index is 0.447. The van der Waals surface area contributed by atoms with E-state index in [1.54, 1.807) is 0 Å². The van der Waals surface area contributed by atoms with Crippen molar-refractivity contribution in [3.05, 3.63) is 58.1 Å². The van der Waals surface area contributed by atoms with Crippen LogP contribution in [-0.2, 0) is 19.4 Å². The number of nitrogens with two attached hydrogens (primary N) is 1. The molecule has 0 amide bonds. The number of halogens is 1. The first-order chi connectivity index (χ1) is 10.3. The second kappa shape index (κ2) is 6.37. The molecule has 110 valence electrons. The monoisotopic (exact) mass is 303 g/mol. The van der Waals surface area contributed by atoms with Gasteiger partial charge in [-0.1, -0.05) is 29.8 Å². The zero-order chi connectivity index (χ0) is 14.7. The Balaban J connectivity index is 1.62. The minimum Gasteiger partial charge on any atom is -0.493 e. The fourth-order valence-corrected chi connectivity index (χ4v) is 2.67. The van der Waals surface area contributed by atoms with Gasteiger partial charge in [0.1, 0.15) is 11.5 Å². The van der Waals surface area contributed by atoms with Crippen molar-refractivity contribution in [2.24, 2.45) is 5.73 Å². The van der Waals surface area contributed by atoms with E-state index in [4.69, 9.17) is 26.8 Å². The van der Waals surface area contributed by atoms with Crippen LogP contribution in [0.1, 0.15) is 16.7 Å². The smallest absolute Gasteiger partial charge is 0.125 e. The molecule has 0 aliphatic carbocycles. The molecule has 1 aliphatic rings. The fraction of sp³-hybridized carbons (Fsp3) is 0.294. The molecule has 4 heteroatoms. The highest BCUT2D eigenvalue weighted by Crippen LogP contribution is 2.26. The molecular weight excluding hydrogens is 286 g/mol. The third kappa shape index (κ3) is 3.31. The number of fused-ring (bicyclic) bond motifs is 1. The van der Waals surface area contributed by atoms with Crippen LogP contribution in [0.5, 0.6) is 11.5 Å². The van der Waals surface area contributed by atoms with Gasteiger partial charge in [0.25, 0.3) is 0 Å². The topological polar surface area (TPSA) is 44.5 Å². The Hall–Kier alpha value is -1.71. The molecule has 0 unspecified atom stereocenters. The molecule has 0 aromatic heterocycles. The first-order valence-corrected chi connectivity index (χ1v) is 7.50. The van der Waals surface area contributed by atoms with Crippen LogP contribution >= 0.6 is 11.6 Å². The predicted molar refractivity (Wildman–Crippen MR) is 84.2 cm³/mol. The molecule has 3 rings (SSSR count). The van der Waals surface area contributed by atoms with Crippen molar-refractivity contribution in [2.75, 3.05) is 13.2 Å². The van der Waals surface area contributed by atoms with Gasteiger partial charge < -0.3 is 15.2 Å². The maximum Gasteiger partial charge on any atom is 0.125 e. The van der Waals surface area contributed by atoms with Gasteiger partial charge in [-0.15, -0.1) is 0 Å². The molecular formula is C17H18ClNO2. The molecule has 0 atom stereocenters. The van der Waals surface area contributed by atoms with Gasteiger partial charge >= 0.3 is 0 Å². The Morgan fingerprint density at radius 3 is 2.95 bits per heavy atom. The third-order valence-corrected chi connectivity index (χ3v) is 3.89. The lowest BCUT2D eigenvalue weighted by molar-refractivity contribution is 0.318. The molecule has 1 aliphatic heterocycles. The van der Waals surface area contributed by atoms with E-state index in [-0.39, 0.29) is 0 Å². The van der Waals surface area contributed by atoms with Gasteiger partial charge in [-0.05, 0) is 29.3 Å². The molecule has 0 saturated heterocycles. The number of benzene rings is 2. The second-order valence-electron chi connectivity index (χ2n) is 5.10. The lowest BCUT2D eigenvalue weighted by Gasteiger charge is -2.11. The molecule has 21 heavy (non-hydrogen) atoms. The quantitative estimate of drug-likeness (QED) is 0.921. The van der Waals surface area contributed by atoms with E-state index in [9.17, 15) is 0 Å². The summed E-state index contributed by atoms with van der Waals surface area (Å²) in [6.45, 7) is 1.84. The SMILES string of the molecule is NCc1ccc(Cl)cc1OCCc1ccc2c(c1)CCO2. The molecule has 3 nitrogen and oxygen atoms in total. The summed E-state index contributed by atoms with van der Waals surface area (Å²) >= 11 is 6.00. The van der Waals surface area contributed by atoms with Gasteiger partial charge in [0, 0.05) is 30.0 Å². The third-order valence-electron chi connectivity index (χ3n) is 3.65. The van der Waals surface area contributed by atoms with Crippen LogP contribution in [0.3, 0.4) is 0 Å². The molecule has 0 fully saturated rings. The van der Waals surface area contributed by atoms with E-state index in [2.05, 4.69) is 12.1 Å². The van der Waals surface area contributed by atoms with Crippen molar-refractivity contribution in [1.29, 1.82) is 0 Å². The summed E-state index contributed by atoms with van der Waals surface area (Å²) in [7, 11) is 0. The number of ether oxygens (including phenoxy) is 2. The highest BCUT2D eigenvalue weighted by Gasteiger charge is 2.12. The van der Waals surface area contributed by atoms with E-state index >= 15 is 0 Å². The molecule has 0 bridgehead atoms. The first kappa shape index (κ1) is 14.2. The average Bonchev–Trinajstić information content (AvgIpc) is 2.95. The largest absolute Gasteiger partial charge is 0.493 e. The Bertz CT molecular complexity index is 643. The zero-order valence-corrected chi connectivity index (χ0v) is 12.5. The molecule has 2 aromatic carbocycles. The van der Waals surface area contributed by atoms with Crippen molar-refractivity contribution in [1.82, 2.24) is 0 Å². The van der Waals surface area contributed by atoms with Crippen LogP contribution in [0.4, 0.5) is 0 Å². The second-order valence-corrected chi connectivity index (χ2v) is 5.53.